The van der Waals surface area contributed by atoms with Crippen LogP contribution in [0.1, 0.15) is 18.1 Å². The third kappa shape index (κ3) is 4.83. The minimum atomic E-state index is -0.110. The Balaban J connectivity index is 1.40. The first-order chi connectivity index (χ1) is 17.0. The van der Waals surface area contributed by atoms with Crippen LogP contribution in [-0.2, 0) is 0 Å². The maximum atomic E-state index is 13.1. The van der Waals surface area contributed by atoms with Crippen molar-refractivity contribution in [2.45, 2.75) is 13.8 Å². The summed E-state index contributed by atoms with van der Waals surface area (Å²) >= 11 is 7.91. The molecule has 0 spiro atoms. The topological polar surface area (TPSA) is 62.1 Å². The molecule has 2 heterocycles. The molecule has 8 heteroatoms. The van der Waals surface area contributed by atoms with Gasteiger partial charge in [-0.25, -0.2) is 9.38 Å². The number of rotatable bonds is 8. The van der Waals surface area contributed by atoms with Gasteiger partial charge in [0.25, 0.3) is 5.56 Å². The maximum absolute atomic E-state index is 13.1. The number of thiazole rings is 1. The van der Waals surface area contributed by atoms with Crippen molar-refractivity contribution in [3.63, 3.8) is 0 Å². The van der Waals surface area contributed by atoms with E-state index < -0.39 is 0 Å². The van der Waals surface area contributed by atoms with Gasteiger partial charge in [0.15, 0.2) is 16.5 Å². The molecule has 0 atom stereocenters. The molecule has 0 aliphatic heterocycles. The Morgan fingerprint density at radius 3 is 2.69 bits per heavy atom. The Kier molecular flexibility index (Phi) is 6.61. The lowest BCUT2D eigenvalue weighted by atomic mass is 10.2. The van der Waals surface area contributed by atoms with E-state index >= 15 is 0 Å². The van der Waals surface area contributed by atoms with Crippen LogP contribution in [0.5, 0.6) is 17.2 Å². The van der Waals surface area contributed by atoms with E-state index in [-0.39, 0.29) is 5.56 Å². The van der Waals surface area contributed by atoms with Crippen molar-refractivity contribution in [3.05, 3.63) is 91.7 Å². The highest BCUT2D eigenvalue weighted by molar-refractivity contribution is 7.15. The van der Waals surface area contributed by atoms with Crippen LogP contribution in [0.3, 0.4) is 0 Å². The van der Waals surface area contributed by atoms with Crippen molar-refractivity contribution in [3.8, 4) is 17.2 Å². The van der Waals surface area contributed by atoms with Gasteiger partial charge in [0.1, 0.15) is 19.0 Å². The molecule has 0 fully saturated rings. The summed E-state index contributed by atoms with van der Waals surface area (Å²) < 4.78 is 19.7. The van der Waals surface area contributed by atoms with Gasteiger partial charge in [-0.15, -0.1) is 0 Å². The van der Waals surface area contributed by atoms with Gasteiger partial charge in [-0.05, 0) is 67.4 Å². The van der Waals surface area contributed by atoms with Crippen LogP contribution < -0.4 is 24.3 Å². The second kappa shape index (κ2) is 9.98. The molecular formula is C27H23ClN2O4S. The molecule has 0 radical (unpaired) electrons. The lowest BCUT2D eigenvalue weighted by Crippen LogP contribution is -2.22. The maximum Gasteiger partial charge on any atom is 0.274 e. The van der Waals surface area contributed by atoms with Gasteiger partial charge in [-0.1, -0.05) is 47.2 Å². The van der Waals surface area contributed by atoms with Gasteiger partial charge < -0.3 is 14.2 Å². The first kappa shape index (κ1) is 23.2. The number of hydrogen-bond donors (Lipinski definition) is 0. The van der Waals surface area contributed by atoms with Crippen molar-refractivity contribution >= 4 is 45.0 Å². The minimum absolute atomic E-state index is 0.110. The summed E-state index contributed by atoms with van der Waals surface area (Å²) in [6, 6.07) is 19.0. The number of fused-ring (bicyclic) bond motifs is 3. The van der Waals surface area contributed by atoms with Crippen LogP contribution in [-0.4, -0.2) is 29.2 Å². The van der Waals surface area contributed by atoms with Crippen molar-refractivity contribution in [1.29, 1.82) is 0 Å². The standard InChI is InChI=1S/C27H23ClN2O4S/c1-3-32-23-15-18(14-20(28)25(23)34-12-11-33-19-8-6-7-17(2)13-19)16-24-26(31)30-22-10-5-4-9-21(22)29-27(30)35-24/h4-10,13-16H,3,11-12H2,1-2H3/b24-16-. The van der Waals surface area contributed by atoms with Crippen LogP contribution in [0, 0.1) is 6.92 Å². The predicted molar refractivity (Wildman–Crippen MR) is 140 cm³/mol. The monoisotopic (exact) mass is 506 g/mol. The zero-order valence-electron chi connectivity index (χ0n) is 19.3. The number of aromatic nitrogens is 2. The highest BCUT2D eigenvalue weighted by atomic mass is 35.5. The number of benzene rings is 3. The Morgan fingerprint density at radius 1 is 1.03 bits per heavy atom. The average molecular weight is 507 g/mol. The summed E-state index contributed by atoms with van der Waals surface area (Å²) in [6.07, 6.45) is 1.80. The molecule has 5 aromatic rings. The molecule has 5 rings (SSSR count). The zero-order chi connectivity index (χ0) is 24.4. The van der Waals surface area contributed by atoms with Gasteiger partial charge in [0.2, 0.25) is 0 Å². The number of imidazole rings is 1. The fraction of sp³-hybridized carbons (Fsp3) is 0.185. The molecule has 178 valence electrons. The minimum Gasteiger partial charge on any atom is -0.490 e. The molecule has 3 aromatic carbocycles. The number of para-hydroxylation sites is 2. The van der Waals surface area contributed by atoms with Crippen LogP contribution >= 0.6 is 22.9 Å². The second-order valence-electron chi connectivity index (χ2n) is 7.91. The highest BCUT2D eigenvalue weighted by Gasteiger charge is 2.14. The van der Waals surface area contributed by atoms with Gasteiger partial charge >= 0.3 is 0 Å². The lowest BCUT2D eigenvalue weighted by molar-refractivity contribution is 0.208. The molecule has 0 saturated heterocycles. The van der Waals surface area contributed by atoms with E-state index in [4.69, 9.17) is 25.8 Å². The van der Waals surface area contributed by atoms with E-state index in [9.17, 15) is 4.79 Å². The zero-order valence-corrected chi connectivity index (χ0v) is 20.9. The van der Waals surface area contributed by atoms with Gasteiger partial charge in [0, 0.05) is 0 Å². The normalized spacial score (nSPS) is 11.9. The van der Waals surface area contributed by atoms with E-state index in [2.05, 4.69) is 4.98 Å². The SMILES string of the molecule is CCOc1cc(/C=c2\sc3nc4ccccc4n3c2=O)cc(Cl)c1OCCOc1cccc(C)c1. The van der Waals surface area contributed by atoms with Crippen molar-refractivity contribution < 1.29 is 14.2 Å². The number of ether oxygens (including phenoxy) is 3. The molecule has 0 amide bonds. The molecule has 0 aliphatic rings. The van der Waals surface area contributed by atoms with Crippen LogP contribution in [0.25, 0.3) is 22.1 Å². The van der Waals surface area contributed by atoms with E-state index in [1.54, 1.807) is 16.5 Å². The molecule has 2 aromatic heterocycles. The number of halogens is 1. The summed E-state index contributed by atoms with van der Waals surface area (Å²) in [5.74, 6) is 1.76. The van der Waals surface area contributed by atoms with E-state index in [0.29, 0.717) is 45.8 Å². The third-order valence-corrected chi connectivity index (χ3v) is 6.61. The smallest absolute Gasteiger partial charge is 0.274 e. The quantitative estimate of drug-likeness (QED) is 0.268. The molecule has 0 saturated carbocycles. The fourth-order valence-corrected chi connectivity index (χ4v) is 5.11. The first-order valence-corrected chi connectivity index (χ1v) is 12.4. The van der Waals surface area contributed by atoms with E-state index in [1.807, 2.05) is 68.4 Å². The molecule has 0 N–H and O–H groups in total. The lowest BCUT2D eigenvalue weighted by Gasteiger charge is -2.15. The molecular weight excluding hydrogens is 484 g/mol. The Bertz CT molecular complexity index is 1630. The van der Waals surface area contributed by atoms with E-state index in [0.717, 1.165) is 27.9 Å². The fourth-order valence-electron chi connectivity index (χ4n) is 3.85. The highest BCUT2D eigenvalue weighted by Crippen LogP contribution is 2.37. The summed E-state index contributed by atoms with van der Waals surface area (Å²) in [4.78, 5) is 18.3. The average Bonchev–Trinajstić information content (AvgIpc) is 3.34. The second-order valence-corrected chi connectivity index (χ2v) is 9.33. The molecule has 0 unspecified atom stereocenters. The molecule has 0 bridgehead atoms. The Hall–Kier alpha value is -3.55. The van der Waals surface area contributed by atoms with Crippen LogP contribution in [0.4, 0.5) is 0 Å². The van der Waals surface area contributed by atoms with Gasteiger partial charge in [-0.3, -0.25) is 4.79 Å². The van der Waals surface area contributed by atoms with Crippen molar-refractivity contribution in [2.24, 2.45) is 0 Å². The summed E-state index contributed by atoms with van der Waals surface area (Å²) in [7, 11) is 0. The largest absolute Gasteiger partial charge is 0.490 e. The molecule has 0 aliphatic carbocycles. The van der Waals surface area contributed by atoms with Crippen molar-refractivity contribution in [2.75, 3.05) is 19.8 Å². The van der Waals surface area contributed by atoms with Gasteiger partial charge in [0.05, 0.1) is 27.2 Å². The number of nitrogens with zero attached hydrogens (tertiary/aromatic N) is 2. The predicted octanol–water partition coefficient (Wildman–Crippen LogP) is 5.28. The number of hydrogen-bond acceptors (Lipinski definition) is 6. The first-order valence-electron chi connectivity index (χ1n) is 11.2. The Morgan fingerprint density at radius 2 is 1.86 bits per heavy atom. The number of aryl methyl sites for hydroxylation is 1. The van der Waals surface area contributed by atoms with Crippen LogP contribution in [0.15, 0.2) is 65.5 Å². The summed E-state index contributed by atoms with van der Waals surface area (Å²) in [5.41, 5.74) is 3.37. The van der Waals surface area contributed by atoms with Crippen LogP contribution in [0.2, 0.25) is 5.02 Å². The Labute approximate surface area is 211 Å². The van der Waals surface area contributed by atoms with E-state index in [1.165, 1.54) is 11.3 Å². The van der Waals surface area contributed by atoms with Crippen molar-refractivity contribution in [1.82, 2.24) is 9.38 Å². The third-order valence-electron chi connectivity index (χ3n) is 5.36. The molecule has 6 nitrogen and oxygen atoms in total. The molecule has 35 heavy (non-hydrogen) atoms. The summed E-state index contributed by atoms with van der Waals surface area (Å²) in [6.45, 7) is 5.02. The van der Waals surface area contributed by atoms with Gasteiger partial charge in [-0.2, -0.15) is 0 Å². The summed E-state index contributed by atoms with van der Waals surface area (Å²) in [5, 5.41) is 0.400.